The van der Waals surface area contributed by atoms with E-state index in [9.17, 15) is 0 Å². The lowest BCUT2D eigenvalue weighted by Crippen LogP contribution is -1.99. The van der Waals surface area contributed by atoms with E-state index in [-0.39, 0.29) is 0 Å². The number of rotatable bonds is 6. The van der Waals surface area contributed by atoms with Crippen LogP contribution in [0.4, 0.5) is 0 Å². The molecule has 14 aromatic carbocycles. The van der Waals surface area contributed by atoms with Crippen LogP contribution in [-0.4, -0.2) is 9.55 Å². The standard InChI is InChI=1S/C71H44N2/c1-4-27-51-45(19-1)22-16-36-54(51)69-60-34-11-12-35-61(60)70(55-37-17-23-46-20-2-5-28-52(46)55)63-44-49(41-42-62(63)69)68-58-32-9-7-30-56(58)67(57-31-8-10-33-59(57)68)48-25-15-26-50(43-48)71-72-64-38-13-14-39-66(64)73(71)65-40-18-24-47-21-3-6-29-53(47)65/h1-44H. The van der Waals surface area contributed by atoms with Gasteiger partial charge in [0.25, 0.3) is 0 Å². The second-order valence-electron chi connectivity index (χ2n) is 19.3. The van der Waals surface area contributed by atoms with Crippen molar-refractivity contribution in [1.82, 2.24) is 9.55 Å². The quantitative estimate of drug-likeness (QED) is 0.152. The molecule has 73 heavy (non-hydrogen) atoms. The van der Waals surface area contributed by atoms with Crippen LogP contribution in [0, 0.1) is 0 Å². The largest absolute Gasteiger partial charge is 0.292 e. The Morgan fingerprint density at radius 3 is 1.23 bits per heavy atom. The molecule has 0 N–H and O–H groups in total. The first-order chi connectivity index (χ1) is 36.2. The molecule has 0 aliphatic rings. The second-order valence-corrected chi connectivity index (χ2v) is 19.3. The third-order valence-electron chi connectivity index (χ3n) is 15.3. The zero-order valence-corrected chi connectivity index (χ0v) is 39.8. The number of benzene rings is 14. The van der Waals surface area contributed by atoms with Crippen LogP contribution in [-0.2, 0) is 0 Å². The van der Waals surface area contributed by atoms with E-state index >= 15 is 0 Å². The molecule has 15 aromatic rings. The maximum Gasteiger partial charge on any atom is 0.145 e. The zero-order chi connectivity index (χ0) is 48.0. The van der Waals surface area contributed by atoms with Gasteiger partial charge in [-0.05, 0) is 145 Å². The number of imidazole rings is 1. The molecule has 1 aromatic heterocycles. The van der Waals surface area contributed by atoms with Crippen molar-refractivity contribution in [2.45, 2.75) is 0 Å². The van der Waals surface area contributed by atoms with E-state index in [4.69, 9.17) is 4.98 Å². The third-order valence-corrected chi connectivity index (χ3v) is 15.3. The lowest BCUT2D eigenvalue weighted by molar-refractivity contribution is 1.11. The van der Waals surface area contributed by atoms with E-state index in [1.165, 1.54) is 114 Å². The highest BCUT2D eigenvalue weighted by Gasteiger charge is 2.23. The molecule has 0 spiro atoms. The normalized spacial score (nSPS) is 11.8. The molecular weight excluding hydrogens is 881 g/mol. The van der Waals surface area contributed by atoms with Crippen LogP contribution < -0.4 is 0 Å². The van der Waals surface area contributed by atoms with Gasteiger partial charge < -0.3 is 0 Å². The highest BCUT2D eigenvalue weighted by atomic mass is 15.1. The summed E-state index contributed by atoms with van der Waals surface area (Å²) < 4.78 is 2.34. The minimum Gasteiger partial charge on any atom is -0.292 e. The molecule has 0 bridgehead atoms. The van der Waals surface area contributed by atoms with Crippen molar-refractivity contribution >= 4 is 86.4 Å². The fraction of sp³-hybridized carbons (Fsp3) is 0. The summed E-state index contributed by atoms with van der Waals surface area (Å²) in [5.74, 6) is 0.915. The molecule has 0 unspecified atom stereocenters. The Labute approximate surface area is 422 Å². The lowest BCUT2D eigenvalue weighted by Gasteiger charge is -2.22. The van der Waals surface area contributed by atoms with Gasteiger partial charge in [0.1, 0.15) is 5.82 Å². The summed E-state index contributed by atoms with van der Waals surface area (Å²) in [6, 6.07) is 98.2. The molecule has 338 valence electrons. The molecule has 0 aliphatic carbocycles. The first kappa shape index (κ1) is 41.2. The average molecular weight is 925 g/mol. The molecule has 2 heteroatoms. The minimum absolute atomic E-state index is 0.915. The van der Waals surface area contributed by atoms with Crippen LogP contribution in [0.15, 0.2) is 267 Å². The van der Waals surface area contributed by atoms with Gasteiger partial charge in [0.15, 0.2) is 0 Å². The molecular formula is C71H44N2. The zero-order valence-electron chi connectivity index (χ0n) is 39.8. The number of hydrogen-bond donors (Lipinski definition) is 0. The summed E-state index contributed by atoms with van der Waals surface area (Å²) in [6.45, 7) is 0. The third kappa shape index (κ3) is 6.41. The molecule has 0 atom stereocenters. The van der Waals surface area contributed by atoms with E-state index < -0.39 is 0 Å². The van der Waals surface area contributed by atoms with Crippen molar-refractivity contribution in [2.75, 3.05) is 0 Å². The Hall–Kier alpha value is -9.63. The highest BCUT2D eigenvalue weighted by Crippen LogP contribution is 2.50. The number of fused-ring (bicyclic) bond motifs is 8. The minimum atomic E-state index is 0.915. The molecule has 0 fully saturated rings. The van der Waals surface area contributed by atoms with Gasteiger partial charge in [0.05, 0.1) is 16.7 Å². The van der Waals surface area contributed by atoms with Crippen molar-refractivity contribution in [1.29, 1.82) is 0 Å². The Balaban J connectivity index is 0.995. The van der Waals surface area contributed by atoms with Gasteiger partial charge in [0, 0.05) is 10.9 Å². The maximum absolute atomic E-state index is 5.37. The monoisotopic (exact) mass is 924 g/mol. The molecule has 0 radical (unpaired) electrons. The predicted molar refractivity (Wildman–Crippen MR) is 311 cm³/mol. The first-order valence-corrected chi connectivity index (χ1v) is 25.2. The predicted octanol–water partition coefficient (Wildman–Crippen LogP) is 19.4. The first-order valence-electron chi connectivity index (χ1n) is 25.2. The van der Waals surface area contributed by atoms with E-state index in [1.54, 1.807) is 0 Å². The summed E-state index contributed by atoms with van der Waals surface area (Å²) in [7, 11) is 0. The van der Waals surface area contributed by atoms with Gasteiger partial charge in [-0.1, -0.05) is 237 Å². The fourth-order valence-electron chi connectivity index (χ4n) is 12.2. The van der Waals surface area contributed by atoms with Gasteiger partial charge in [0.2, 0.25) is 0 Å². The summed E-state index contributed by atoms with van der Waals surface area (Å²) in [5, 5.41) is 17.1. The van der Waals surface area contributed by atoms with Gasteiger partial charge in [-0.15, -0.1) is 0 Å². The lowest BCUT2D eigenvalue weighted by atomic mass is 9.81. The van der Waals surface area contributed by atoms with E-state index in [0.29, 0.717) is 0 Å². The molecule has 15 rings (SSSR count). The molecule has 1 heterocycles. The molecule has 2 nitrogen and oxygen atoms in total. The maximum atomic E-state index is 5.37. The summed E-state index contributed by atoms with van der Waals surface area (Å²) in [6.07, 6.45) is 0. The Bertz CT molecular complexity index is 4670. The van der Waals surface area contributed by atoms with Crippen LogP contribution in [0.3, 0.4) is 0 Å². The van der Waals surface area contributed by atoms with Crippen LogP contribution in [0.2, 0.25) is 0 Å². The van der Waals surface area contributed by atoms with E-state index in [1.807, 2.05) is 0 Å². The smallest absolute Gasteiger partial charge is 0.145 e. The topological polar surface area (TPSA) is 17.8 Å². The van der Waals surface area contributed by atoms with Crippen LogP contribution in [0.25, 0.3) is 148 Å². The highest BCUT2D eigenvalue weighted by molar-refractivity contribution is 6.27. The van der Waals surface area contributed by atoms with Crippen molar-refractivity contribution in [3.63, 3.8) is 0 Å². The van der Waals surface area contributed by atoms with E-state index in [0.717, 1.165) is 33.7 Å². The van der Waals surface area contributed by atoms with Crippen LogP contribution >= 0.6 is 0 Å². The summed E-state index contributed by atoms with van der Waals surface area (Å²) >= 11 is 0. The van der Waals surface area contributed by atoms with Gasteiger partial charge >= 0.3 is 0 Å². The van der Waals surface area contributed by atoms with Gasteiger partial charge in [-0.3, -0.25) is 4.57 Å². The van der Waals surface area contributed by atoms with Crippen molar-refractivity contribution in [2.24, 2.45) is 0 Å². The van der Waals surface area contributed by atoms with Gasteiger partial charge in [-0.2, -0.15) is 0 Å². The summed E-state index contributed by atoms with van der Waals surface area (Å²) in [4.78, 5) is 5.37. The fourth-order valence-corrected chi connectivity index (χ4v) is 12.2. The van der Waals surface area contributed by atoms with Crippen molar-refractivity contribution < 1.29 is 0 Å². The molecule has 0 aliphatic heterocycles. The molecule has 0 amide bonds. The van der Waals surface area contributed by atoms with Crippen LogP contribution in [0.5, 0.6) is 0 Å². The SMILES string of the molecule is c1cc(-c2c3ccccc3c(-c3ccc4c(-c5cccc6ccccc56)c5ccccc5c(-c5cccc6ccccc56)c4c3)c3ccccc23)cc(-c2nc3ccccc3n2-c2cccc3ccccc23)c1. The van der Waals surface area contributed by atoms with E-state index in [2.05, 4.69) is 271 Å². The number of hydrogen-bond acceptors (Lipinski definition) is 1. The Kier molecular flexibility index (Phi) is 9.30. The Morgan fingerprint density at radius 1 is 0.247 bits per heavy atom. The van der Waals surface area contributed by atoms with Crippen molar-refractivity contribution in [3.8, 4) is 61.6 Å². The summed E-state index contributed by atoms with van der Waals surface area (Å²) in [5.41, 5.74) is 14.0. The van der Waals surface area contributed by atoms with Gasteiger partial charge in [-0.25, -0.2) is 4.98 Å². The van der Waals surface area contributed by atoms with Crippen LogP contribution in [0.1, 0.15) is 0 Å². The number of para-hydroxylation sites is 2. The Morgan fingerprint density at radius 2 is 0.644 bits per heavy atom. The second kappa shape index (κ2) is 16.5. The number of aromatic nitrogens is 2. The average Bonchev–Trinajstić information content (AvgIpc) is 3.85. The van der Waals surface area contributed by atoms with Crippen molar-refractivity contribution in [3.05, 3.63) is 267 Å². The molecule has 0 saturated heterocycles. The molecule has 0 saturated carbocycles. The number of nitrogens with zero attached hydrogens (tertiary/aromatic N) is 2.